The second-order valence-electron chi connectivity index (χ2n) is 3.43. The summed E-state index contributed by atoms with van der Waals surface area (Å²) < 4.78 is 0. The molecule has 7 nitrogen and oxygen atoms in total. The highest BCUT2D eigenvalue weighted by Crippen LogP contribution is 2.00. The van der Waals surface area contributed by atoms with Crippen molar-refractivity contribution in [3.05, 3.63) is 16.6 Å². The Morgan fingerprint density at radius 2 is 2.11 bits per heavy atom. The minimum atomic E-state index is -1.07. The molecule has 0 bridgehead atoms. The van der Waals surface area contributed by atoms with Crippen molar-refractivity contribution in [1.82, 2.24) is 15.6 Å². The fourth-order valence-corrected chi connectivity index (χ4v) is 1.71. The van der Waals surface area contributed by atoms with Crippen LogP contribution in [0, 0.1) is 0 Å². The number of nitrogens with zero attached hydrogens (tertiary/aromatic N) is 1. The van der Waals surface area contributed by atoms with Gasteiger partial charge in [-0.15, -0.1) is 11.3 Å². The number of amides is 3. The minimum Gasteiger partial charge on any atom is -0.481 e. The summed E-state index contributed by atoms with van der Waals surface area (Å²) in [5.74, 6) is -1.68. The molecule has 0 unspecified atom stereocenters. The zero-order valence-electron chi connectivity index (χ0n) is 9.51. The first-order chi connectivity index (χ1) is 8.58. The summed E-state index contributed by atoms with van der Waals surface area (Å²) in [5.41, 5.74) is 2.57. The normalized spacial score (nSPS) is 9.78. The molecule has 0 fully saturated rings. The average molecular weight is 271 g/mol. The Labute approximate surface area is 107 Å². The Bertz CT molecular complexity index is 419. The van der Waals surface area contributed by atoms with Gasteiger partial charge in [0, 0.05) is 24.8 Å². The van der Waals surface area contributed by atoms with Crippen LogP contribution in [0.1, 0.15) is 18.5 Å². The van der Waals surface area contributed by atoms with Crippen LogP contribution in [-0.2, 0) is 16.0 Å². The van der Waals surface area contributed by atoms with Crippen molar-refractivity contribution in [2.45, 2.75) is 19.3 Å². The molecule has 3 amide bonds. The van der Waals surface area contributed by atoms with Crippen LogP contribution < -0.4 is 10.6 Å². The number of rotatable bonds is 6. The highest BCUT2D eigenvalue weighted by Gasteiger charge is 2.09. The Morgan fingerprint density at radius 3 is 2.72 bits per heavy atom. The van der Waals surface area contributed by atoms with Crippen LogP contribution in [0.5, 0.6) is 0 Å². The van der Waals surface area contributed by atoms with Gasteiger partial charge in [-0.05, 0) is 0 Å². The molecule has 8 heteroatoms. The minimum absolute atomic E-state index is 0.213. The van der Waals surface area contributed by atoms with Gasteiger partial charge in [0.15, 0.2) is 0 Å². The molecule has 0 aliphatic heterocycles. The van der Waals surface area contributed by atoms with Crippen LogP contribution in [-0.4, -0.2) is 34.5 Å². The molecule has 18 heavy (non-hydrogen) atoms. The lowest BCUT2D eigenvalue weighted by Crippen LogP contribution is -2.40. The number of carboxylic acids is 1. The largest absolute Gasteiger partial charge is 0.481 e. The van der Waals surface area contributed by atoms with Gasteiger partial charge in [0.2, 0.25) is 5.91 Å². The molecule has 0 atom stereocenters. The van der Waals surface area contributed by atoms with E-state index >= 15 is 0 Å². The van der Waals surface area contributed by atoms with Crippen LogP contribution >= 0.6 is 11.3 Å². The molecule has 1 aromatic heterocycles. The third kappa shape index (κ3) is 5.94. The maximum absolute atomic E-state index is 11.2. The molecule has 1 rings (SSSR count). The summed E-state index contributed by atoms with van der Waals surface area (Å²) in [6.07, 6.45) is 0.0764. The molecule has 3 N–H and O–H groups in total. The van der Waals surface area contributed by atoms with E-state index in [0.29, 0.717) is 13.0 Å². The van der Waals surface area contributed by atoms with E-state index in [4.69, 9.17) is 5.11 Å². The summed E-state index contributed by atoms with van der Waals surface area (Å²) >= 11 is 1.47. The number of urea groups is 1. The topological polar surface area (TPSA) is 108 Å². The molecule has 0 radical (unpaired) electrons. The van der Waals surface area contributed by atoms with Gasteiger partial charge < -0.3 is 10.4 Å². The van der Waals surface area contributed by atoms with E-state index in [1.165, 1.54) is 11.3 Å². The van der Waals surface area contributed by atoms with E-state index in [1.807, 2.05) is 10.7 Å². The van der Waals surface area contributed by atoms with Gasteiger partial charge in [0.1, 0.15) is 0 Å². The Hall–Kier alpha value is -1.96. The molecule has 98 valence electrons. The summed E-state index contributed by atoms with van der Waals surface area (Å²) in [6, 6.07) is -0.624. The van der Waals surface area contributed by atoms with Gasteiger partial charge in [0.05, 0.1) is 17.6 Å². The predicted octanol–water partition coefficient (Wildman–Crippen LogP) is 0.376. The summed E-state index contributed by atoms with van der Waals surface area (Å²) in [6.45, 7) is 0.363. The van der Waals surface area contributed by atoms with E-state index < -0.39 is 17.9 Å². The number of imide groups is 1. The molecule has 0 spiro atoms. The predicted molar refractivity (Wildman–Crippen MR) is 64.2 cm³/mol. The highest BCUT2D eigenvalue weighted by molar-refractivity contribution is 7.07. The number of hydrogen-bond donors (Lipinski definition) is 3. The van der Waals surface area contributed by atoms with E-state index in [0.717, 1.165) is 5.69 Å². The molecule has 1 aromatic rings. The number of nitrogens with one attached hydrogen (secondary N) is 2. The van der Waals surface area contributed by atoms with Crippen molar-refractivity contribution >= 4 is 29.2 Å². The van der Waals surface area contributed by atoms with Crippen LogP contribution in [0.3, 0.4) is 0 Å². The number of hydrogen-bond acceptors (Lipinski definition) is 5. The van der Waals surface area contributed by atoms with Gasteiger partial charge in [0.25, 0.3) is 0 Å². The second-order valence-corrected chi connectivity index (χ2v) is 4.15. The Balaban J connectivity index is 2.13. The van der Waals surface area contributed by atoms with E-state index in [9.17, 15) is 14.4 Å². The molecular formula is C10H13N3O4S. The molecule has 1 heterocycles. The number of carboxylic acid groups (broad SMARTS) is 1. The lowest BCUT2D eigenvalue weighted by Gasteiger charge is -2.05. The number of aromatic nitrogens is 1. The molecule has 0 saturated heterocycles. The van der Waals surface area contributed by atoms with Crippen molar-refractivity contribution in [3.8, 4) is 0 Å². The first-order valence-electron chi connectivity index (χ1n) is 5.24. The van der Waals surface area contributed by atoms with Gasteiger partial charge in [-0.25, -0.2) is 9.78 Å². The van der Waals surface area contributed by atoms with Gasteiger partial charge in [-0.1, -0.05) is 0 Å². The van der Waals surface area contributed by atoms with Crippen molar-refractivity contribution in [2.75, 3.05) is 6.54 Å². The molecule has 0 aliphatic rings. The molecule has 0 saturated carbocycles. The van der Waals surface area contributed by atoms with Crippen LogP contribution in [0.15, 0.2) is 10.9 Å². The van der Waals surface area contributed by atoms with Gasteiger partial charge >= 0.3 is 12.0 Å². The summed E-state index contributed by atoms with van der Waals surface area (Å²) in [7, 11) is 0. The Morgan fingerprint density at radius 1 is 1.33 bits per heavy atom. The maximum Gasteiger partial charge on any atom is 0.321 e. The number of thiazole rings is 1. The summed E-state index contributed by atoms with van der Waals surface area (Å²) in [5, 5.41) is 14.8. The van der Waals surface area contributed by atoms with E-state index in [1.54, 1.807) is 5.51 Å². The number of carbonyl (C=O) groups excluding carboxylic acids is 2. The van der Waals surface area contributed by atoms with Gasteiger partial charge in [-0.2, -0.15) is 0 Å². The zero-order valence-corrected chi connectivity index (χ0v) is 10.3. The molecule has 0 aromatic carbocycles. The smallest absolute Gasteiger partial charge is 0.321 e. The summed E-state index contributed by atoms with van der Waals surface area (Å²) in [4.78, 5) is 36.6. The quantitative estimate of drug-likeness (QED) is 0.693. The lowest BCUT2D eigenvalue weighted by molar-refractivity contribution is -0.138. The van der Waals surface area contributed by atoms with Crippen LogP contribution in [0.4, 0.5) is 4.79 Å². The average Bonchev–Trinajstić information content (AvgIpc) is 2.79. The first-order valence-corrected chi connectivity index (χ1v) is 6.18. The van der Waals surface area contributed by atoms with E-state index in [2.05, 4.69) is 10.3 Å². The maximum atomic E-state index is 11.2. The van der Waals surface area contributed by atoms with E-state index in [-0.39, 0.29) is 12.8 Å². The Kier molecular flexibility index (Phi) is 5.78. The lowest BCUT2D eigenvalue weighted by atomic mass is 10.3. The first kappa shape index (κ1) is 14.1. The fraction of sp³-hybridized carbons (Fsp3) is 0.400. The van der Waals surface area contributed by atoms with Crippen molar-refractivity contribution in [2.24, 2.45) is 0 Å². The van der Waals surface area contributed by atoms with Crippen molar-refractivity contribution in [3.63, 3.8) is 0 Å². The second kappa shape index (κ2) is 7.38. The zero-order chi connectivity index (χ0) is 13.4. The third-order valence-corrected chi connectivity index (χ3v) is 2.60. The highest BCUT2D eigenvalue weighted by atomic mass is 32.1. The SMILES string of the molecule is O=C(O)CCC(=O)NC(=O)NCCc1cscn1. The monoisotopic (exact) mass is 271 g/mol. The van der Waals surface area contributed by atoms with Gasteiger partial charge in [-0.3, -0.25) is 14.9 Å². The van der Waals surface area contributed by atoms with Crippen LogP contribution in [0.2, 0.25) is 0 Å². The van der Waals surface area contributed by atoms with Crippen LogP contribution in [0.25, 0.3) is 0 Å². The molecular weight excluding hydrogens is 258 g/mol. The number of carbonyl (C=O) groups is 3. The van der Waals surface area contributed by atoms with Crippen molar-refractivity contribution < 1.29 is 19.5 Å². The molecule has 0 aliphatic carbocycles. The third-order valence-electron chi connectivity index (χ3n) is 1.97. The standard InChI is InChI=1S/C10H13N3O4S/c14-8(1-2-9(15)16)13-10(17)11-4-3-7-5-18-6-12-7/h5-6H,1-4H2,(H,15,16)(H2,11,13,14,17). The van der Waals surface area contributed by atoms with Crippen molar-refractivity contribution in [1.29, 1.82) is 0 Å². The fourth-order valence-electron chi connectivity index (χ4n) is 1.12. The number of aliphatic carboxylic acids is 1.